The maximum atomic E-state index is 13.1. The number of carbonyl (C=O) groups excluding carboxylic acids is 3. The summed E-state index contributed by atoms with van der Waals surface area (Å²) in [7, 11) is 0. The maximum absolute atomic E-state index is 13.1. The minimum absolute atomic E-state index is 0.0719. The van der Waals surface area contributed by atoms with Crippen LogP contribution in [0.15, 0.2) is 66.0 Å². The number of anilines is 2. The highest BCUT2D eigenvalue weighted by molar-refractivity contribution is 7.12. The second-order valence-corrected chi connectivity index (χ2v) is 8.93. The van der Waals surface area contributed by atoms with Crippen LogP contribution in [0.1, 0.15) is 28.1 Å². The number of benzene rings is 2. The number of thiophene rings is 1. The lowest BCUT2D eigenvalue weighted by atomic mass is 9.96. The summed E-state index contributed by atoms with van der Waals surface area (Å²) < 4.78 is 13.1. The van der Waals surface area contributed by atoms with Crippen molar-refractivity contribution >= 4 is 40.4 Å². The molecular formula is C25H24FN3O3S. The van der Waals surface area contributed by atoms with Crippen LogP contribution in [0.2, 0.25) is 0 Å². The van der Waals surface area contributed by atoms with Gasteiger partial charge in [0.25, 0.3) is 5.91 Å². The van der Waals surface area contributed by atoms with E-state index in [1.165, 1.54) is 23.5 Å². The van der Waals surface area contributed by atoms with Crippen molar-refractivity contribution in [3.63, 3.8) is 0 Å². The Kier molecular flexibility index (Phi) is 7.14. The Hall–Kier alpha value is -3.52. The highest BCUT2D eigenvalue weighted by atomic mass is 32.1. The summed E-state index contributed by atoms with van der Waals surface area (Å²) in [5, 5.41) is 7.57. The molecule has 1 saturated heterocycles. The van der Waals surface area contributed by atoms with Gasteiger partial charge in [-0.2, -0.15) is 0 Å². The van der Waals surface area contributed by atoms with E-state index in [-0.39, 0.29) is 35.9 Å². The Morgan fingerprint density at radius 1 is 1.00 bits per heavy atom. The maximum Gasteiger partial charge on any atom is 0.265 e. The highest BCUT2D eigenvalue weighted by Crippen LogP contribution is 2.22. The summed E-state index contributed by atoms with van der Waals surface area (Å²) in [6.45, 7) is 0.953. The second-order valence-electron chi connectivity index (χ2n) is 7.98. The molecule has 1 fully saturated rings. The van der Waals surface area contributed by atoms with E-state index in [2.05, 4.69) is 10.6 Å². The zero-order valence-corrected chi connectivity index (χ0v) is 18.7. The van der Waals surface area contributed by atoms with Crippen molar-refractivity contribution in [1.82, 2.24) is 4.90 Å². The summed E-state index contributed by atoms with van der Waals surface area (Å²) in [6, 6.07) is 16.4. The molecule has 1 aliphatic heterocycles. The summed E-state index contributed by atoms with van der Waals surface area (Å²) in [5.41, 5.74) is 1.92. The van der Waals surface area contributed by atoms with E-state index in [1.807, 2.05) is 11.4 Å². The van der Waals surface area contributed by atoms with Gasteiger partial charge in [-0.3, -0.25) is 14.4 Å². The molecule has 170 valence electrons. The number of nitrogens with zero attached hydrogens (tertiary/aromatic N) is 1. The van der Waals surface area contributed by atoms with Crippen LogP contribution in [-0.4, -0.2) is 35.7 Å². The number of halogens is 1. The minimum atomic E-state index is -0.337. The van der Waals surface area contributed by atoms with E-state index in [1.54, 1.807) is 47.4 Å². The van der Waals surface area contributed by atoms with Crippen molar-refractivity contribution in [2.45, 2.75) is 19.3 Å². The third kappa shape index (κ3) is 6.04. The van der Waals surface area contributed by atoms with E-state index in [0.29, 0.717) is 35.8 Å². The fourth-order valence-corrected chi connectivity index (χ4v) is 4.44. The predicted molar refractivity (Wildman–Crippen MR) is 127 cm³/mol. The number of nitrogens with one attached hydrogen (secondary N) is 2. The molecule has 0 bridgehead atoms. The molecule has 4 rings (SSSR count). The number of hydrogen-bond acceptors (Lipinski definition) is 4. The van der Waals surface area contributed by atoms with Crippen molar-refractivity contribution in [3.8, 4) is 0 Å². The van der Waals surface area contributed by atoms with Crippen molar-refractivity contribution in [1.29, 1.82) is 0 Å². The molecule has 0 radical (unpaired) electrons. The van der Waals surface area contributed by atoms with Crippen molar-refractivity contribution in [2.24, 2.45) is 5.92 Å². The number of hydrogen-bond donors (Lipinski definition) is 2. The molecular weight excluding hydrogens is 441 g/mol. The Labute approximate surface area is 195 Å². The van der Waals surface area contributed by atoms with E-state index < -0.39 is 0 Å². The molecule has 33 heavy (non-hydrogen) atoms. The van der Waals surface area contributed by atoms with Gasteiger partial charge in [0.2, 0.25) is 11.8 Å². The van der Waals surface area contributed by atoms with Crippen LogP contribution >= 0.6 is 11.3 Å². The third-order valence-corrected chi connectivity index (χ3v) is 6.42. The first-order valence-corrected chi connectivity index (χ1v) is 11.6. The summed E-state index contributed by atoms with van der Waals surface area (Å²) >= 11 is 1.36. The van der Waals surface area contributed by atoms with Gasteiger partial charge in [0.15, 0.2) is 0 Å². The lowest BCUT2D eigenvalue weighted by Crippen LogP contribution is -2.44. The van der Waals surface area contributed by atoms with Crippen LogP contribution in [-0.2, 0) is 16.0 Å². The molecule has 1 atom stereocenters. The first-order chi connectivity index (χ1) is 16.0. The average molecular weight is 466 g/mol. The predicted octanol–water partition coefficient (Wildman–Crippen LogP) is 4.56. The van der Waals surface area contributed by atoms with E-state index in [4.69, 9.17) is 0 Å². The molecule has 1 aromatic heterocycles. The van der Waals surface area contributed by atoms with Crippen LogP contribution in [0.4, 0.5) is 15.8 Å². The van der Waals surface area contributed by atoms with Gasteiger partial charge in [0.05, 0.1) is 17.2 Å². The lowest BCUT2D eigenvalue weighted by Gasteiger charge is -2.32. The van der Waals surface area contributed by atoms with E-state index in [0.717, 1.165) is 12.0 Å². The number of carbonyl (C=O) groups is 3. The second kappa shape index (κ2) is 10.4. The molecule has 3 aromatic rings. The quantitative estimate of drug-likeness (QED) is 0.560. The molecule has 2 aromatic carbocycles. The van der Waals surface area contributed by atoms with Gasteiger partial charge in [-0.1, -0.05) is 24.3 Å². The van der Waals surface area contributed by atoms with Gasteiger partial charge >= 0.3 is 0 Å². The Morgan fingerprint density at radius 3 is 2.48 bits per heavy atom. The average Bonchev–Trinajstić information content (AvgIpc) is 3.36. The Morgan fingerprint density at radius 2 is 1.76 bits per heavy atom. The molecule has 1 unspecified atom stereocenters. The van der Waals surface area contributed by atoms with Crippen LogP contribution in [0.25, 0.3) is 0 Å². The normalized spacial score (nSPS) is 15.7. The minimum Gasteiger partial charge on any atom is -0.342 e. The summed E-state index contributed by atoms with van der Waals surface area (Å²) in [4.78, 5) is 40.1. The molecule has 2 heterocycles. The van der Waals surface area contributed by atoms with Crippen LogP contribution in [0.5, 0.6) is 0 Å². The largest absolute Gasteiger partial charge is 0.342 e. The number of rotatable bonds is 6. The van der Waals surface area contributed by atoms with Crippen molar-refractivity contribution in [2.75, 3.05) is 23.7 Å². The summed E-state index contributed by atoms with van der Waals surface area (Å²) in [6.07, 6.45) is 1.62. The van der Waals surface area contributed by atoms with Crippen molar-refractivity contribution in [3.05, 3.63) is 82.3 Å². The van der Waals surface area contributed by atoms with Crippen LogP contribution in [0, 0.1) is 11.7 Å². The zero-order chi connectivity index (χ0) is 23.2. The molecule has 0 saturated carbocycles. The molecule has 1 aliphatic rings. The first kappa shape index (κ1) is 22.7. The van der Waals surface area contributed by atoms with Gasteiger partial charge in [-0.15, -0.1) is 11.3 Å². The SMILES string of the molecule is O=C(Nc1cccc(NC(=O)C2CCCN(C(=O)Cc3ccc(F)cc3)C2)c1)c1cccs1. The molecule has 0 aliphatic carbocycles. The molecule has 2 N–H and O–H groups in total. The molecule has 6 nitrogen and oxygen atoms in total. The molecule has 3 amide bonds. The lowest BCUT2D eigenvalue weighted by molar-refractivity contribution is -0.133. The fraction of sp³-hybridized carbons (Fsp3) is 0.240. The number of amides is 3. The topological polar surface area (TPSA) is 78.5 Å². The van der Waals surface area contributed by atoms with Gasteiger partial charge in [0.1, 0.15) is 5.82 Å². The third-order valence-electron chi connectivity index (χ3n) is 5.55. The Bertz CT molecular complexity index is 1130. The smallest absolute Gasteiger partial charge is 0.265 e. The fourth-order valence-electron chi connectivity index (χ4n) is 3.83. The monoisotopic (exact) mass is 465 g/mol. The van der Waals surface area contributed by atoms with Crippen LogP contribution < -0.4 is 10.6 Å². The Balaban J connectivity index is 1.33. The van der Waals surface area contributed by atoms with E-state index >= 15 is 0 Å². The van der Waals surface area contributed by atoms with Gasteiger partial charge in [-0.05, 0) is 60.2 Å². The highest BCUT2D eigenvalue weighted by Gasteiger charge is 2.28. The zero-order valence-electron chi connectivity index (χ0n) is 17.9. The van der Waals surface area contributed by atoms with Gasteiger partial charge < -0.3 is 15.5 Å². The van der Waals surface area contributed by atoms with E-state index in [9.17, 15) is 18.8 Å². The number of piperidine rings is 1. The standard InChI is InChI=1S/C25H24FN3O3S/c26-19-10-8-17(9-11-19)14-23(30)29-12-2-4-18(16-29)24(31)27-20-5-1-6-21(15-20)28-25(32)22-7-3-13-33-22/h1,3,5-11,13,15,18H,2,4,12,14,16H2,(H,27,31)(H,28,32). The van der Waals surface area contributed by atoms with Crippen molar-refractivity contribution < 1.29 is 18.8 Å². The first-order valence-electron chi connectivity index (χ1n) is 10.8. The van der Waals surface area contributed by atoms with Crippen LogP contribution in [0.3, 0.4) is 0 Å². The molecule has 8 heteroatoms. The van der Waals surface area contributed by atoms with Gasteiger partial charge in [0, 0.05) is 24.5 Å². The van der Waals surface area contributed by atoms with Gasteiger partial charge in [-0.25, -0.2) is 4.39 Å². The number of likely N-dealkylation sites (tertiary alicyclic amines) is 1. The summed E-state index contributed by atoms with van der Waals surface area (Å²) in [5.74, 6) is -1.08. The molecule has 0 spiro atoms.